The number of nitrogens with one attached hydrogen (secondary N) is 1. The van der Waals surface area contributed by atoms with Gasteiger partial charge in [0.05, 0.1) is 6.61 Å². The number of rotatable bonds is 4. The molecule has 1 aliphatic carbocycles. The molecule has 2 aromatic rings. The smallest absolute Gasteiger partial charge is 0.274 e. The van der Waals surface area contributed by atoms with Crippen molar-refractivity contribution in [3.63, 3.8) is 0 Å². The molecule has 23 heavy (non-hydrogen) atoms. The van der Waals surface area contributed by atoms with Crippen LogP contribution in [-0.2, 0) is 12.8 Å². The number of benzene rings is 2. The van der Waals surface area contributed by atoms with Gasteiger partial charge in [-0.3, -0.25) is 10.0 Å². The van der Waals surface area contributed by atoms with E-state index in [2.05, 4.69) is 0 Å². The second-order valence-electron chi connectivity index (χ2n) is 5.80. The summed E-state index contributed by atoms with van der Waals surface area (Å²) in [4.78, 5) is 11.5. The summed E-state index contributed by atoms with van der Waals surface area (Å²) in [5, 5.41) is 9.44. The van der Waals surface area contributed by atoms with Crippen LogP contribution in [-0.4, -0.2) is 17.7 Å². The molecule has 4 nitrogen and oxygen atoms in total. The van der Waals surface area contributed by atoms with Crippen LogP contribution in [0.25, 0.3) is 0 Å². The topological polar surface area (TPSA) is 58.6 Å². The zero-order valence-corrected chi connectivity index (χ0v) is 13.3. The van der Waals surface area contributed by atoms with Crippen LogP contribution in [0.3, 0.4) is 0 Å². The lowest BCUT2D eigenvalue weighted by Gasteiger charge is -2.25. The fourth-order valence-corrected chi connectivity index (χ4v) is 3.05. The van der Waals surface area contributed by atoms with Gasteiger partial charge < -0.3 is 4.74 Å². The predicted molar refractivity (Wildman–Crippen MR) is 88.2 cm³/mol. The predicted octanol–water partition coefficient (Wildman–Crippen LogP) is 3.64. The minimum absolute atomic E-state index is 0.408. The number of hydrogen-bond acceptors (Lipinski definition) is 3. The molecule has 0 bridgehead atoms. The van der Waals surface area contributed by atoms with Crippen molar-refractivity contribution in [2.75, 3.05) is 6.61 Å². The van der Waals surface area contributed by atoms with Crippen molar-refractivity contribution in [1.29, 1.82) is 0 Å². The number of ether oxygens (including phenoxy) is 1. The summed E-state index contributed by atoms with van der Waals surface area (Å²) in [5.74, 6) is 0.742. The van der Waals surface area contributed by atoms with E-state index in [0.29, 0.717) is 23.1 Å². The van der Waals surface area contributed by atoms with Crippen molar-refractivity contribution in [1.82, 2.24) is 5.48 Å². The highest BCUT2D eigenvalue weighted by molar-refractivity contribution is 6.30. The van der Waals surface area contributed by atoms with E-state index in [9.17, 15) is 4.79 Å². The fourth-order valence-electron chi connectivity index (χ4n) is 2.93. The van der Waals surface area contributed by atoms with Crippen LogP contribution in [0.4, 0.5) is 0 Å². The number of fused-ring (bicyclic) bond motifs is 1. The van der Waals surface area contributed by atoms with Gasteiger partial charge in [-0.1, -0.05) is 17.7 Å². The van der Waals surface area contributed by atoms with Crippen LogP contribution >= 0.6 is 11.6 Å². The second kappa shape index (κ2) is 7.02. The largest absolute Gasteiger partial charge is 0.493 e. The molecular formula is C18H18ClNO3. The third-order valence-electron chi connectivity index (χ3n) is 4.20. The summed E-state index contributed by atoms with van der Waals surface area (Å²) >= 11 is 5.86. The molecule has 1 unspecified atom stereocenters. The highest BCUT2D eigenvalue weighted by Crippen LogP contribution is 2.27. The van der Waals surface area contributed by atoms with Gasteiger partial charge in [-0.15, -0.1) is 0 Å². The minimum Gasteiger partial charge on any atom is -0.493 e. The molecule has 0 saturated heterocycles. The summed E-state index contributed by atoms with van der Waals surface area (Å²) in [6.45, 7) is 0.636. The molecule has 3 rings (SSSR count). The van der Waals surface area contributed by atoms with Gasteiger partial charge >= 0.3 is 0 Å². The Kier molecular flexibility index (Phi) is 4.84. The molecule has 0 spiro atoms. The molecule has 2 aromatic carbocycles. The van der Waals surface area contributed by atoms with Gasteiger partial charge in [0.15, 0.2) is 0 Å². The zero-order chi connectivity index (χ0) is 16.2. The summed E-state index contributed by atoms with van der Waals surface area (Å²) in [6.07, 6.45) is 2.91. The Labute approximate surface area is 140 Å². The Hall–Kier alpha value is -2.04. The van der Waals surface area contributed by atoms with E-state index in [-0.39, 0.29) is 0 Å². The number of amides is 1. The summed E-state index contributed by atoms with van der Waals surface area (Å²) in [6, 6.07) is 12.9. The molecule has 1 amide bonds. The second-order valence-corrected chi connectivity index (χ2v) is 6.23. The molecule has 0 radical (unpaired) electrons. The van der Waals surface area contributed by atoms with E-state index in [1.807, 2.05) is 36.4 Å². The molecule has 2 N–H and O–H groups in total. The standard InChI is InChI=1S/C18H18ClNO3/c19-16-5-7-17(8-6-16)23-11-12-1-2-13-3-4-14(18(21)20-22)10-15(13)9-12/h3-8,10,12,22H,1-2,9,11H2,(H,20,21). The summed E-state index contributed by atoms with van der Waals surface area (Å²) in [5.41, 5.74) is 4.57. The third kappa shape index (κ3) is 3.84. The van der Waals surface area contributed by atoms with Crippen molar-refractivity contribution in [3.05, 3.63) is 64.2 Å². The number of aryl methyl sites for hydroxylation is 1. The number of hydroxylamine groups is 1. The molecule has 0 saturated carbocycles. The first-order chi connectivity index (χ1) is 11.2. The lowest BCUT2D eigenvalue weighted by Crippen LogP contribution is -2.23. The molecule has 1 atom stereocenters. The van der Waals surface area contributed by atoms with Crippen LogP contribution in [0, 0.1) is 5.92 Å². The molecule has 0 heterocycles. The third-order valence-corrected chi connectivity index (χ3v) is 4.45. The number of hydrogen-bond donors (Lipinski definition) is 2. The van der Waals surface area contributed by atoms with Gasteiger partial charge in [0, 0.05) is 10.6 Å². The van der Waals surface area contributed by atoms with Gasteiger partial charge in [-0.25, -0.2) is 5.48 Å². The van der Waals surface area contributed by atoms with E-state index in [4.69, 9.17) is 21.5 Å². The van der Waals surface area contributed by atoms with Gasteiger partial charge in [-0.05, 0) is 72.7 Å². The molecular weight excluding hydrogens is 314 g/mol. The average molecular weight is 332 g/mol. The van der Waals surface area contributed by atoms with E-state index in [0.717, 1.165) is 30.6 Å². The van der Waals surface area contributed by atoms with Crippen LogP contribution in [0.15, 0.2) is 42.5 Å². The van der Waals surface area contributed by atoms with Crippen LogP contribution in [0.2, 0.25) is 5.02 Å². The minimum atomic E-state index is -0.479. The fraction of sp³-hybridized carbons (Fsp3) is 0.278. The summed E-state index contributed by atoms with van der Waals surface area (Å²) in [7, 11) is 0. The van der Waals surface area contributed by atoms with E-state index in [1.165, 1.54) is 5.56 Å². The maximum Gasteiger partial charge on any atom is 0.274 e. The molecule has 0 aromatic heterocycles. The Morgan fingerprint density at radius 1 is 1.22 bits per heavy atom. The highest BCUT2D eigenvalue weighted by Gasteiger charge is 2.20. The van der Waals surface area contributed by atoms with Gasteiger partial charge in [0.1, 0.15) is 5.75 Å². The Morgan fingerprint density at radius 2 is 2.00 bits per heavy atom. The van der Waals surface area contributed by atoms with Crippen molar-refractivity contribution in [2.24, 2.45) is 5.92 Å². The zero-order valence-electron chi connectivity index (χ0n) is 12.6. The first-order valence-electron chi connectivity index (χ1n) is 7.60. The van der Waals surface area contributed by atoms with E-state index < -0.39 is 5.91 Å². The van der Waals surface area contributed by atoms with Crippen LogP contribution in [0.1, 0.15) is 27.9 Å². The average Bonchev–Trinajstić information content (AvgIpc) is 2.60. The monoisotopic (exact) mass is 331 g/mol. The maximum absolute atomic E-state index is 11.5. The first kappa shape index (κ1) is 15.8. The maximum atomic E-state index is 11.5. The first-order valence-corrected chi connectivity index (χ1v) is 7.98. The normalized spacial score (nSPS) is 16.5. The lowest BCUT2D eigenvalue weighted by atomic mass is 9.83. The van der Waals surface area contributed by atoms with Crippen molar-refractivity contribution >= 4 is 17.5 Å². The van der Waals surface area contributed by atoms with Crippen molar-refractivity contribution < 1.29 is 14.7 Å². The Morgan fingerprint density at radius 3 is 2.74 bits per heavy atom. The number of halogens is 1. The lowest BCUT2D eigenvalue weighted by molar-refractivity contribution is 0.0706. The summed E-state index contributed by atoms with van der Waals surface area (Å²) < 4.78 is 5.84. The SMILES string of the molecule is O=C(NO)c1ccc2c(c1)CC(COc1ccc(Cl)cc1)CC2. The molecule has 120 valence electrons. The van der Waals surface area contributed by atoms with Crippen LogP contribution in [0.5, 0.6) is 5.75 Å². The molecule has 5 heteroatoms. The van der Waals surface area contributed by atoms with E-state index >= 15 is 0 Å². The highest BCUT2D eigenvalue weighted by atomic mass is 35.5. The quantitative estimate of drug-likeness (QED) is 0.664. The van der Waals surface area contributed by atoms with E-state index in [1.54, 1.807) is 11.5 Å². The van der Waals surface area contributed by atoms with Gasteiger partial charge in [0.25, 0.3) is 5.91 Å². The van der Waals surface area contributed by atoms with Gasteiger partial charge in [0.2, 0.25) is 0 Å². The molecule has 1 aliphatic rings. The molecule has 0 aliphatic heterocycles. The Balaban J connectivity index is 1.64. The van der Waals surface area contributed by atoms with Crippen molar-refractivity contribution in [2.45, 2.75) is 19.3 Å². The van der Waals surface area contributed by atoms with Crippen molar-refractivity contribution in [3.8, 4) is 5.75 Å². The number of carbonyl (C=O) groups is 1. The number of carbonyl (C=O) groups excluding carboxylic acids is 1. The molecule has 0 fully saturated rings. The van der Waals surface area contributed by atoms with Gasteiger partial charge in [-0.2, -0.15) is 0 Å². The Bertz CT molecular complexity index is 700. The van der Waals surface area contributed by atoms with Crippen LogP contribution < -0.4 is 10.2 Å².